The second-order valence-corrected chi connectivity index (χ2v) is 4.44. The van der Waals surface area contributed by atoms with Crippen LogP contribution in [0, 0.1) is 0 Å². The Morgan fingerprint density at radius 1 is 1.40 bits per heavy atom. The van der Waals surface area contributed by atoms with Crippen LogP contribution in [0.2, 0.25) is 0 Å². The first-order valence-electron chi connectivity index (χ1n) is 5.83. The standard InChI is InChI=1S/C11H22N2O2/c1-3-8-13(2)10-6-4-9(5-7-10)12-11(14)15/h9-10,12H,3-8H2,1-2H3,(H,14,15). The van der Waals surface area contributed by atoms with Crippen LogP contribution in [0.5, 0.6) is 0 Å². The molecule has 1 rings (SSSR count). The fraction of sp³-hybridized carbons (Fsp3) is 0.909. The van der Waals surface area contributed by atoms with Gasteiger partial charge in [-0.1, -0.05) is 6.92 Å². The number of nitrogens with one attached hydrogen (secondary N) is 1. The van der Waals surface area contributed by atoms with E-state index in [0.29, 0.717) is 6.04 Å². The third-order valence-corrected chi connectivity index (χ3v) is 3.22. The zero-order chi connectivity index (χ0) is 11.3. The molecular weight excluding hydrogens is 192 g/mol. The maximum absolute atomic E-state index is 10.5. The van der Waals surface area contributed by atoms with Crippen molar-refractivity contribution in [3.8, 4) is 0 Å². The summed E-state index contributed by atoms with van der Waals surface area (Å²) in [5.74, 6) is 0. The summed E-state index contributed by atoms with van der Waals surface area (Å²) in [6.07, 6.45) is 4.48. The third kappa shape index (κ3) is 4.08. The first-order valence-corrected chi connectivity index (χ1v) is 5.83. The van der Waals surface area contributed by atoms with Gasteiger partial charge in [0.05, 0.1) is 0 Å². The Kier molecular flexibility index (Phi) is 4.88. The van der Waals surface area contributed by atoms with Gasteiger partial charge in [-0.05, 0) is 45.7 Å². The summed E-state index contributed by atoms with van der Waals surface area (Å²) >= 11 is 0. The molecule has 1 amide bonds. The van der Waals surface area contributed by atoms with Crippen molar-refractivity contribution in [2.75, 3.05) is 13.6 Å². The van der Waals surface area contributed by atoms with E-state index in [2.05, 4.69) is 24.2 Å². The molecule has 0 saturated heterocycles. The lowest BCUT2D eigenvalue weighted by atomic mass is 9.90. The van der Waals surface area contributed by atoms with Gasteiger partial charge in [-0.25, -0.2) is 4.79 Å². The van der Waals surface area contributed by atoms with Gasteiger partial charge < -0.3 is 15.3 Å². The fourth-order valence-corrected chi connectivity index (χ4v) is 2.37. The predicted octanol–water partition coefficient (Wildman–Crippen LogP) is 1.91. The van der Waals surface area contributed by atoms with Crippen LogP contribution in [0.1, 0.15) is 39.0 Å². The predicted molar refractivity (Wildman–Crippen MR) is 60.1 cm³/mol. The molecule has 1 aliphatic rings. The number of rotatable bonds is 4. The summed E-state index contributed by atoms with van der Waals surface area (Å²) in [6.45, 7) is 3.33. The molecule has 0 aromatic heterocycles. The number of hydrogen-bond acceptors (Lipinski definition) is 2. The summed E-state index contributed by atoms with van der Waals surface area (Å²) in [7, 11) is 2.17. The Hall–Kier alpha value is -0.770. The maximum Gasteiger partial charge on any atom is 0.404 e. The molecule has 88 valence electrons. The van der Waals surface area contributed by atoms with E-state index < -0.39 is 6.09 Å². The summed E-state index contributed by atoms with van der Waals surface area (Å²) in [4.78, 5) is 12.9. The highest BCUT2D eigenvalue weighted by molar-refractivity contribution is 5.64. The smallest absolute Gasteiger partial charge is 0.404 e. The zero-order valence-electron chi connectivity index (χ0n) is 9.70. The van der Waals surface area contributed by atoms with Gasteiger partial charge in [-0.15, -0.1) is 0 Å². The molecule has 0 spiro atoms. The van der Waals surface area contributed by atoms with Crippen LogP contribution in [0.3, 0.4) is 0 Å². The van der Waals surface area contributed by atoms with Crippen LogP contribution in [-0.4, -0.2) is 41.8 Å². The van der Waals surface area contributed by atoms with Crippen molar-refractivity contribution in [1.29, 1.82) is 0 Å². The first-order chi connectivity index (χ1) is 7.13. The molecule has 4 nitrogen and oxygen atoms in total. The van der Waals surface area contributed by atoms with Crippen LogP contribution in [-0.2, 0) is 0 Å². The Morgan fingerprint density at radius 3 is 2.47 bits per heavy atom. The molecule has 0 aromatic rings. The van der Waals surface area contributed by atoms with Gasteiger partial charge in [0.25, 0.3) is 0 Å². The topological polar surface area (TPSA) is 52.6 Å². The van der Waals surface area contributed by atoms with Crippen LogP contribution >= 0.6 is 0 Å². The highest BCUT2D eigenvalue weighted by Crippen LogP contribution is 2.22. The lowest BCUT2D eigenvalue weighted by molar-refractivity contribution is 0.160. The van der Waals surface area contributed by atoms with Gasteiger partial charge in [0.1, 0.15) is 0 Å². The molecule has 4 heteroatoms. The quantitative estimate of drug-likeness (QED) is 0.751. The molecule has 1 saturated carbocycles. The van der Waals surface area contributed by atoms with Gasteiger partial charge in [-0.2, -0.15) is 0 Å². The lowest BCUT2D eigenvalue weighted by Crippen LogP contribution is -2.42. The molecule has 0 bridgehead atoms. The molecule has 1 aliphatic carbocycles. The summed E-state index contributed by atoms with van der Waals surface area (Å²) in [6, 6.07) is 0.825. The summed E-state index contributed by atoms with van der Waals surface area (Å²) < 4.78 is 0. The van der Waals surface area contributed by atoms with Gasteiger partial charge in [0.15, 0.2) is 0 Å². The van der Waals surface area contributed by atoms with Crippen molar-refractivity contribution in [3.05, 3.63) is 0 Å². The summed E-state index contributed by atoms with van der Waals surface area (Å²) in [5.41, 5.74) is 0. The molecule has 0 atom stereocenters. The van der Waals surface area contributed by atoms with Crippen LogP contribution in [0.25, 0.3) is 0 Å². The normalized spacial score (nSPS) is 26.6. The van der Waals surface area contributed by atoms with E-state index >= 15 is 0 Å². The number of carboxylic acid groups (broad SMARTS) is 1. The summed E-state index contributed by atoms with van der Waals surface area (Å²) in [5, 5.41) is 11.2. The molecule has 0 radical (unpaired) electrons. The van der Waals surface area contributed by atoms with E-state index in [1.165, 1.54) is 6.42 Å². The van der Waals surface area contributed by atoms with E-state index in [4.69, 9.17) is 5.11 Å². The number of carbonyl (C=O) groups is 1. The van der Waals surface area contributed by atoms with Gasteiger partial charge in [0, 0.05) is 12.1 Å². The van der Waals surface area contributed by atoms with Crippen LogP contribution in [0.4, 0.5) is 4.79 Å². The van der Waals surface area contributed by atoms with Crippen molar-refractivity contribution in [3.63, 3.8) is 0 Å². The third-order valence-electron chi connectivity index (χ3n) is 3.22. The Balaban J connectivity index is 2.26. The number of hydrogen-bond donors (Lipinski definition) is 2. The van der Waals surface area contributed by atoms with E-state index in [1.54, 1.807) is 0 Å². The molecule has 0 heterocycles. The monoisotopic (exact) mass is 214 g/mol. The van der Waals surface area contributed by atoms with E-state index in [-0.39, 0.29) is 6.04 Å². The van der Waals surface area contributed by atoms with Crippen molar-refractivity contribution >= 4 is 6.09 Å². The zero-order valence-corrected chi connectivity index (χ0v) is 9.70. The Morgan fingerprint density at radius 2 is 2.00 bits per heavy atom. The minimum atomic E-state index is -0.889. The first kappa shape index (κ1) is 12.3. The van der Waals surface area contributed by atoms with Crippen molar-refractivity contribution in [2.45, 2.75) is 51.1 Å². The molecule has 0 unspecified atom stereocenters. The van der Waals surface area contributed by atoms with Crippen LogP contribution < -0.4 is 5.32 Å². The second-order valence-electron chi connectivity index (χ2n) is 4.44. The average molecular weight is 214 g/mol. The molecule has 0 aromatic carbocycles. The second kappa shape index (κ2) is 5.95. The maximum atomic E-state index is 10.5. The number of nitrogens with zero attached hydrogens (tertiary/aromatic N) is 1. The van der Waals surface area contributed by atoms with E-state index in [0.717, 1.165) is 32.2 Å². The number of amides is 1. The fourth-order valence-electron chi connectivity index (χ4n) is 2.37. The lowest BCUT2D eigenvalue weighted by Gasteiger charge is -2.34. The Bertz CT molecular complexity index is 201. The van der Waals surface area contributed by atoms with Gasteiger partial charge in [0.2, 0.25) is 0 Å². The molecule has 2 N–H and O–H groups in total. The largest absolute Gasteiger partial charge is 0.465 e. The minimum absolute atomic E-state index is 0.175. The van der Waals surface area contributed by atoms with Crippen molar-refractivity contribution in [1.82, 2.24) is 10.2 Å². The van der Waals surface area contributed by atoms with Crippen molar-refractivity contribution < 1.29 is 9.90 Å². The highest BCUT2D eigenvalue weighted by atomic mass is 16.4. The van der Waals surface area contributed by atoms with E-state index in [1.807, 2.05) is 0 Å². The van der Waals surface area contributed by atoms with E-state index in [9.17, 15) is 4.79 Å². The molecule has 0 aliphatic heterocycles. The molecule has 15 heavy (non-hydrogen) atoms. The molecule has 1 fully saturated rings. The van der Waals surface area contributed by atoms with Crippen LogP contribution in [0.15, 0.2) is 0 Å². The average Bonchev–Trinajstić information content (AvgIpc) is 2.18. The molecular formula is C11H22N2O2. The van der Waals surface area contributed by atoms with Gasteiger partial charge in [-0.3, -0.25) is 0 Å². The highest BCUT2D eigenvalue weighted by Gasteiger charge is 2.24. The van der Waals surface area contributed by atoms with Gasteiger partial charge >= 0.3 is 6.09 Å². The Labute approximate surface area is 91.6 Å². The van der Waals surface area contributed by atoms with Crippen molar-refractivity contribution in [2.24, 2.45) is 0 Å². The minimum Gasteiger partial charge on any atom is -0.465 e. The SMILES string of the molecule is CCCN(C)C1CCC(NC(=O)O)CC1.